The van der Waals surface area contributed by atoms with Crippen LogP contribution in [0, 0.1) is 0 Å². The summed E-state index contributed by atoms with van der Waals surface area (Å²) in [6, 6.07) is 4.39. The summed E-state index contributed by atoms with van der Waals surface area (Å²) in [5, 5.41) is 0. The number of hydrogen-bond acceptors (Lipinski definition) is 3. The average Bonchev–Trinajstić information content (AvgIpc) is 2.18. The molecule has 0 aliphatic carbocycles. The van der Waals surface area contributed by atoms with E-state index in [1.807, 2.05) is 12.1 Å². The van der Waals surface area contributed by atoms with Gasteiger partial charge in [-0.3, -0.25) is 0 Å². The molecule has 1 fully saturated rings. The highest BCUT2D eigenvalue weighted by Gasteiger charge is 2.19. The van der Waals surface area contributed by atoms with Gasteiger partial charge in [0.1, 0.15) is 5.82 Å². The minimum Gasteiger partial charge on any atom is -0.399 e. The Balaban J connectivity index is 2.20. The molecule has 1 aromatic rings. The number of anilines is 2. The first-order valence-corrected chi connectivity index (χ1v) is 5.25. The van der Waals surface area contributed by atoms with Crippen LogP contribution in [0.15, 0.2) is 18.3 Å². The van der Waals surface area contributed by atoms with Gasteiger partial charge >= 0.3 is 0 Å². The van der Waals surface area contributed by atoms with Crippen molar-refractivity contribution in [3.8, 4) is 0 Å². The Morgan fingerprint density at radius 1 is 1.50 bits per heavy atom. The largest absolute Gasteiger partial charge is 0.399 e. The van der Waals surface area contributed by atoms with Gasteiger partial charge in [0.2, 0.25) is 0 Å². The summed E-state index contributed by atoms with van der Waals surface area (Å²) in [6.07, 6.45) is 5.64. The average molecular weight is 191 g/mol. The van der Waals surface area contributed by atoms with Crippen LogP contribution in [0.3, 0.4) is 0 Å². The lowest BCUT2D eigenvalue weighted by Gasteiger charge is -2.34. The minimum atomic E-state index is 0.595. The standard InChI is InChI=1S/C11H17N3/c1-9-4-2-3-7-14(9)11-8-10(12)5-6-13-11/h5-6,8-9H,2-4,7H2,1H3,(H2,12,13). The Morgan fingerprint density at radius 2 is 2.36 bits per heavy atom. The van der Waals surface area contributed by atoms with Crippen LogP contribution in [0.25, 0.3) is 0 Å². The van der Waals surface area contributed by atoms with Gasteiger partial charge in [0.15, 0.2) is 0 Å². The number of nitrogens with zero attached hydrogens (tertiary/aromatic N) is 2. The number of rotatable bonds is 1. The maximum absolute atomic E-state index is 5.74. The van der Waals surface area contributed by atoms with Crippen LogP contribution in [0.4, 0.5) is 11.5 Å². The highest BCUT2D eigenvalue weighted by atomic mass is 15.2. The first-order chi connectivity index (χ1) is 6.77. The fourth-order valence-electron chi connectivity index (χ4n) is 2.03. The van der Waals surface area contributed by atoms with Crippen molar-refractivity contribution in [2.75, 3.05) is 17.2 Å². The summed E-state index contributed by atoms with van der Waals surface area (Å²) in [6.45, 7) is 3.36. The number of nitrogens with two attached hydrogens (primary N) is 1. The predicted molar refractivity (Wildman–Crippen MR) is 59.3 cm³/mol. The summed E-state index contributed by atoms with van der Waals surface area (Å²) in [7, 11) is 0. The van der Waals surface area contributed by atoms with Crippen molar-refractivity contribution in [3.63, 3.8) is 0 Å². The van der Waals surface area contributed by atoms with Gasteiger partial charge in [0.05, 0.1) is 0 Å². The minimum absolute atomic E-state index is 0.595. The molecule has 2 heterocycles. The molecule has 1 unspecified atom stereocenters. The molecule has 2 rings (SSSR count). The van der Waals surface area contributed by atoms with E-state index < -0.39 is 0 Å². The SMILES string of the molecule is CC1CCCCN1c1cc(N)ccn1. The van der Waals surface area contributed by atoms with Crippen molar-refractivity contribution in [3.05, 3.63) is 18.3 Å². The molecule has 0 radical (unpaired) electrons. The Labute approximate surface area is 84.9 Å². The molecule has 0 amide bonds. The monoisotopic (exact) mass is 191 g/mol. The summed E-state index contributed by atoms with van der Waals surface area (Å²) in [5.74, 6) is 1.03. The summed E-state index contributed by atoms with van der Waals surface area (Å²) < 4.78 is 0. The van der Waals surface area contributed by atoms with Crippen LogP contribution in [0.5, 0.6) is 0 Å². The van der Waals surface area contributed by atoms with Crippen molar-refractivity contribution >= 4 is 11.5 Å². The van der Waals surface area contributed by atoms with E-state index in [-0.39, 0.29) is 0 Å². The molecule has 1 atom stereocenters. The van der Waals surface area contributed by atoms with Gasteiger partial charge < -0.3 is 10.6 Å². The second kappa shape index (κ2) is 3.86. The molecule has 3 nitrogen and oxygen atoms in total. The fourth-order valence-corrected chi connectivity index (χ4v) is 2.03. The van der Waals surface area contributed by atoms with E-state index in [9.17, 15) is 0 Å². The van der Waals surface area contributed by atoms with Crippen LogP contribution in [-0.4, -0.2) is 17.6 Å². The third-order valence-corrected chi connectivity index (χ3v) is 2.87. The van der Waals surface area contributed by atoms with Gasteiger partial charge in [-0.05, 0) is 32.3 Å². The summed E-state index contributed by atoms with van der Waals surface area (Å²) >= 11 is 0. The van der Waals surface area contributed by atoms with Crippen LogP contribution in [0.1, 0.15) is 26.2 Å². The number of piperidine rings is 1. The van der Waals surface area contributed by atoms with Gasteiger partial charge in [-0.2, -0.15) is 0 Å². The maximum Gasteiger partial charge on any atom is 0.130 e. The zero-order valence-electron chi connectivity index (χ0n) is 8.61. The van der Waals surface area contributed by atoms with E-state index in [2.05, 4.69) is 16.8 Å². The zero-order chi connectivity index (χ0) is 9.97. The highest BCUT2D eigenvalue weighted by Crippen LogP contribution is 2.23. The van der Waals surface area contributed by atoms with Gasteiger partial charge in [-0.1, -0.05) is 0 Å². The van der Waals surface area contributed by atoms with Crippen molar-refractivity contribution in [2.24, 2.45) is 0 Å². The van der Waals surface area contributed by atoms with Crippen molar-refractivity contribution in [1.29, 1.82) is 0 Å². The van der Waals surface area contributed by atoms with E-state index in [0.717, 1.165) is 18.1 Å². The molecule has 0 aromatic carbocycles. The molecule has 1 aliphatic rings. The van der Waals surface area contributed by atoms with E-state index in [1.54, 1.807) is 6.20 Å². The van der Waals surface area contributed by atoms with Gasteiger partial charge in [-0.25, -0.2) is 4.98 Å². The molecule has 76 valence electrons. The molecular formula is C11H17N3. The number of hydrogen-bond donors (Lipinski definition) is 1. The Morgan fingerprint density at radius 3 is 3.07 bits per heavy atom. The number of aromatic nitrogens is 1. The van der Waals surface area contributed by atoms with Crippen molar-refractivity contribution in [2.45, 2.75) is 32.2 Å². The predicted octanol–water partition coefficient (Wildman–Crippen LogP) is 2.04. The van der Waals surface area contributed by atoms with Crippen LogP contribution in [-0.2, 0) is 0 Å². The molecule has 1 aromatic heterocycles. The fraction of sp³-hybridized carbons (Fsp3) is 0.545. The first kappa shape index (κ1) is 9.31. The first-order valence-electron chi connectivity index (χ1n) is 5.25. The third-order valence-electron chi connectivity index (χ3n) is 2.87. The summed E-state index contributed by atoms with van der Waals surface area (Å²) in [5.41, 5.74) is 6.54. The molecule has 14 heavy (non-hydrogen) atoms. The Hall–Kier alpha value is -1.25. The van der Waals surface area contributed by atoms with Crippen LogP contribution >= 0.6 is 0 Å². The Kier molecular flexibility index (Phi) is 2.57. The summed E-state index contributed by atoms with van der Waals surface area (Å²) in [4.78, 5) is 6.71. The second-order valence-corrected chi connectivity index (χ2v) is 3.99. The molecule has 1 aliphatic heterocycles. The van der Waals surface area contributed by atoms with Gasteiger partial charge in [0, 0.05) is 30.5 Å². The molecular weight excluding hydrogens is 174 g/mol. The lowest BCUT2D eigenvalue weighted by atomic mass is 10.0. The molecule has 0 spiro atoms. The highest BCUT2D eigenvalue weighted by molar-refractivity contribution is 5.50. The van der Waals surface area contributed by atoms with Crippen LogP contribution in [0.2, 0.25) is 0 Å². The number of pyridine rings is 1. The smallest absolute Gasteiger partial charge is 0.130 e. The molecule has 0 bridgehead atoms. The lowest BCUT2D eigenvalue weighted by Crippen LogP contribution is -2.37. The zero-order valence-corrected chi connectivity index (χ0v) is 8.61. The lowest BCUT2D eigenvalue weighted by molar-refractivity contribution is 0.481. The van der Waals surface area contributed by atoms with E-state index in [1.165, 1.54) is 19.3 Å². The molecule has 1 saturated heterocycles. The van der Waals surface area contributed by atoms with Crippen molar-refractivity contribution in [1.82, 2.24) is 4.98 Å². The molecule has 0 saturated carbocycles. The maximum atomic E-state index is 5.74. The van der Waals surface area contributed by atoms with E-state index in [0.29, 0.717) is 6.04 Å². The number of nitrogen functional groups attached to an aromatic ring is 1. The van der Waals surface area contributed by atoms with Gasteiger partial charge in [-0.15, -0.1) is 0 Å². The van der Waals surface area contributed by atoms with Gasteiger partial charge in [0.25, 0.3) is 0 Å². The van der Waals surface area contributed by atoms with E-state index >= 15 is 0 Å². The normalized spacial score (nSPS) is 22.4. The second-order valence-electron chi connectivity index (χ2n) is 3.99. The third kappa shape index (κ3) is 1.81. The Bertz CT molecular complexity index is 311. The van der Waals surface area contributed by atoms with Crippen molar-refractivity contribution < 1.29 is 0 Å². The van der Waals surface area contributed by atoms with E-state index in [4.69, 9.17) is 5.73 Å². The molecule has 3 heteroatoms. The van der Waals surface area contributed by atoms with Crippen LogP contribution < -0.4 is 10.6 Å². The molecule has 2 N–H and O–H groups in total. The quantitative estimate of drug-likeness (QED) is 0.738. The topological polar surface area (TPSA) is 42.1 Å².